The maximum atomic E-state index is 12.9. The van der Waals surface area contributed by atoms with Crippen LogP contribution in [-0.4, -0.2) is 76.2 Å². The lowest BCUT2D eigenvalue weighted by atomic mass is 10.1. The van der Waals surface area contributed by atoms with Crippen LogP contribution in [0.5, 0.6) is 11.8 Å². The molecule has 15 nitrogen and oxygen atoms in total. The molecular weight excluding hydrogens is 737 g/mol. The number of anilines is 3. The molecule has 0 unspecified atom stereocenters. The maximum Gasteiger partial charge on any atom is 0.422 e. The fraction of sp³-hybridized carbons (Fsp3) is 0.286. The minimum Gasteiger partial charge on any atom is -0.497 e. The minimum absolute atomic E-state index is 0.0436. The highest BCUT2D eigenvalue weighted by molar-refractivity contribution is 6.35. The number of halogens is 4. The second-order valence-corrected chi connectivity index (χ2v) is 12.5. The predicted octanol–water partition coefficient (Wildman–Crippen LogP) is 4.33. The first-order valence-electron chi connectivity index (χ1n) is 16.3. The molecule has 1 aliphatic rings. The fourth-order valence-corrected chi connectivity index (χ4v) is 5.19. The number of carbonyl (C=O) groups excluding carboxylic acids is 3. The van der Waals surface area contributed by atoms with E-state index in [0.717, 1.165) is 5.56 Å². The molecule has 3 amide bonds. The van der Waals surface area contributed by atoms with E-state index in [1.54, 1.807) is 36.4 Å². The Morgan fingerprint density at radius 3 is 2.26 bits per heavy atom. The van der Waals surface area contributed by atoms with Gasteiger partial charge in [-0.3, -0.25) is 14.4 Å². The summed E-state index contributed by atoms with van der Waals surface area (Å²) in [6, 6.07) is 17.6. The molecule has 0 bridgehead atoms. The third kappa shape index (κ3) is 11.2. The molecule has 0 radical (unpaired) electrons. The molecule has 1 heterocycles. The summed E-state index contributed by atoms with van der Waals surface area (Å²) in [6.45, 7) is -1.81. The second kappa shape index (κ2) is 17.1. The van der Waals surface area contributed by atoms with Crippen molar-refractivity contribution in [2.45, 2.75) is 43.6 Å². The lowest BCUT2D eigenvalue weighted by Gasteiger charge is -2.19. The van der Waals surface area contributed by atoms with Gasteiger partial charge in [0.2, 0.25) is 11.9 Å². The first kappa shape index (κ1) is 39.0. The molecule has 1 atom stereocenters. The van der Waals surface area contributed by atoms with Crippen LogP contribution in [0.1, 0.15) is 40.7 Å². The van der Waals surface area contributed by atoms with E-state index >= 15 is 0 Å². The van der Waals surface area contributed by atoms with Crippen LogP contribution in [0.25, 0.3) is 0 Å². The van der Waals surface area contributed by atoms with E-state index in [0.29, 0.717) is 34.9 Å². The summed E-state index contributed by atoms with van der Waals surface area (Å²) in [6.07, 6.45) is -3.48. The van der Waals surface area contributed by atoms with Gasteiger partial charge in [0, 0.05) is 29.4 Å². The van der Waals surface area contributed by atoms with Gasteiger partial charge in [-0.25, -0.2) is 4.79 Å². The number of rotatable bonds is 16. The predicted molar refractivity (Wildman–Crippen MR) is 188 cm³/mol. The van der Waals surface area contributed by atoms with Crippen molar-refractivity contribution >= 4 is 52.9 Å². The number of hydrogen-bond acceptors (Lipinski definition) is 11. The van der Waals surface area contributed by atoms with Crippen molar-refractivity contribution in [2.24, 2.45) is 0 Å². The zero-order chi connectivity index (χ0) is 38.9. The molecule has 4 aromatic rings. The molecule has 19 heteroatoms. The Morgan fingerprint density at radius 1 is 0.926 bits per heavy atom. The molecule has 1 saturated carbocycles. The van der Waals surface area contributed by atoms with Crippen LogP contribution in [0.2, 0.25) is 5.02 Å². The molecule has 0 spiro atoms. The number of aromatic nitrogens is 3. The van der Waals surface area contributed by atoms with Crippen LogP contribution in [0, 0.1) is 0 Å². The van der Waals surface area contributed by atoms with Gasteiger partial charge in [-0.15, -0.1) is 0 Å². The molecule has 284 valence electrons. The lowest BCUT2D eigenvalue weighted by Crippen LogP contribution is -2.45. The summed E-state index contributed by atoms with van der Waals surface area (Å²) in [4.78, 5) is 61.5. The van der Waals surface area contributed by atoms with Crippen molar-refractivity contribution < 1.29 is 46.9 Å². The Morgan fingerprint density at radius 2 is 1.61 bits per heavy atom. The monoisotopic (exact) mass is 770 g/mol. The van der Waals surface area contributed by atoms with Gasteiger partial charge in [-0.05, 0) is 78.9 Å². The normalized spacial score (nSPS) is 13.5. The van der Waals surface area contributed by atoms with Crippen molar-refractivity contribution in [3.05, 3.63) is 94.5 Å². The summed E-state index contributed by atoms with van der Waals surface area (Å²) in [5.74, 6) is -3.65. The number of carbonyl (C=O) groups is 4. The highest BCUT2D eigenvalue weighted by atomic mass is 35.5. The summed E-state index contributed by atoms with van der Waals surface area (Å²) >= 11 is 6.02. The minimum atomic E-state index is -4.65. The number of alkyl halides is 3. The molecular formula is C35H34ClF3N8O7. The Kier molecular flexibility index (Phi) is 12.4. The Bertz CT molecular complexity index is 1980. The van der Waals surface area contributed by atoms with E-state index in [4.69, 9.17) is 21.1 Å². The highest BCUT2D eigenvalue weighted by Gasteiger charge is 2.45. The van der Waals surface area contributed by atoms with Crippen molar-refractivity contribution in [1.82, 2.24) is 30.9 Å². The van der Waals surface area contributed by atoms with Crippen LogP contribution >= 0.6 is 11.6 Å². The van der Waals surface area contributed by atoms with Gasteiger partial charge in [0.1, 0.15) is 11.8 Å². The summed E-state index contributed by atoms with van der Waals surface area (Å²) in [7, 11) is 1.50. The topological polar surface area (TPSA) is 206 Å². The Hall–Kier alpha value is -6.17. The number of carboxylic acid groups (broad SMARTS) is 1. The SMILES string of the molecule is COc1cccc(CNC(=O)C(=O)NCC[C@H](NC(=O)c2ccc(Nc3nc(NC4(c5ccc(Cl)cc5)CC4)nc(OCC(F)(F)F)n3)cc2)C(=O)O)c1. The molecule has 0 saturated heterocycles. The molecule has 6 N–H and O–H groups in total. The van der Waals surface area contributed by atoms with Crippen molar-refractivity contribution in [3.8, 4) is 11.8 Å². The quantitative estimate of drug-likeness (QED) is 0.0882. The molecule has 3 aromatic carbocycles. The van der Waals surface area contributed by atoms with Crippen molar-refractivity contribution in [3.63, 3.8) is 0 Å². The van der Waals surface area contributed by atoms with Gasteiger partial charge in [0.25, 0.3) is 5.91 Å². The maximum absolute atomic E-state index is 12.9. The van der Waals surface area contributed by atoms with Crippen LogP contribution in [0.15, 0.2) is 72.8 Å². The van der Waals surface area contributed by atoms with E-state index in [1.165, 1.54) is 31.4 Å². The fourth-order valence-electron chi connectivity index (χ4n) is 5.06. The van der Waals surface area contributed by atoms with Crippen LogP contribution < -0.4 is 36.1 Å². The van der Waals surface area contributed by atoms with Gasteiger partial charge in [-0.1, -0.05) is 35.9 Å². The number of amides is 3. The van der Waals surface area contributed by atoms with Crippen LogP contribution in [0.3, 0.4) is 0 Å². The number of nitrogens with one attached hydrogen (secondary N) is 5. The van der Waals surface area contributed by atoms with E-state index in [-0.39, 0.29) is 37.0 Å². The van der Waals surface area contributed by atoms with E-state index < -0.39 is 54.1 Å². The standard InChI is InChI=1S/C35H34ClF3N8O7/c1-53-25-4-2-3-20(17-25)18-41-29(50)28(49)40-16-13-26(30(51)52)43-27(48)21-5-11-24(12-6-21)42-31-44-32(46-33(45-31)54-19-35(37,38)39)47-34(14-15-34)22-7-9-23(36)10-8-22/h2-12,17,26H,13-16,18-19H2,1H3,(H,40,49)(H,41,50)(H,43,48)(H,51,52)(H2,42,44,45,46,47)/t26-/m0/s1. The first-order chi connectivity index (χ1) is 25.7. The smallest absolute Gasteiger partial charge is 0.422 e. The summed E-state index contributed by atoms with van der Waals surface area (Å²) in [5.41, 5.74) is 1.41. The Labute approximate surface area is 311 Å². The third-order valence-electron chi connectivity index (χ3n) is 8.00. The zero-order valence-electron chi connectivity index (χ0n) is 28.5. The first-order valence-corrected chi connectivity index (χ1v) is 16.7. The largest absolute Gasteiger partial charge is 0.497 e. The number of nitrogens with zero attached hydrogens (tertiary/aromatic N) is 3. The van der Waals surface area contributed by atoms with Crippen LogP contribution in [-0.2, 0) is 26.5 Å². The molecule has 1 aromatic heterocycles. The van der Waals surface area contributed by atoms with Gasteiger partial charge in [0.15, 0.2) is 6.61 Å². The summed E-state index contributed by atoms with van der Waals surface area (Å²) < 4.78 is 48.7. The number of methoxy groups -OCH3 is 1. The number of hydrogen-bond donors (Lipinski definition) is 6. The van der Waals surface area contributed by atoms with Gasteiger partial charge < -0.3 is 41.2 Å². The van der Waals surface area contributed by atoms with Crippen molar-refractivity contribution in [1.29, 1.82) is 0 Å². The number of aliphatic carboxylic acids is 1. The Balaban J connectivity index is 1.17. The molecule has 0 aliphatic heterocycles. The average molecular weight is 771 g/mol. The molecule has 54 heavy (non-hydrogen) atoms. The average Bonchev–Trinajstić information content (AvgIpc) is 3.92. The summed E-state index contributed by atoms with van der Waals surface area (Å²) in [5, 5.41) is 23.4. The van der Waals surface area contributed by atoms with Gasteiger partial charge in [0.05, 0.1) is 12.6 Å². The second-order valence-electron chi connectivity index (χ2n) is 12.0. The molecule has 1 fully saturated rings. The van der Waals surface area contributed by atoms with Gasteiger partial charge >= 0.3 is 30.0 Å². The third-order valence-corrected chi connectivity index (χ3v) is 8.25. The van der Waals surface area contributed by atoms with Crippen molar-refractivity contribution in [2.75, 3.05) is 30.9 Å². The molecule has 1 aliphatic carbocycles. The highest BCUT2D eigenvalue weighted by Crippen LogP contribution is 2.48. The lowest BCUT2D eigenvalue weighted by molar-refractivity contribution is -0.154. The van der Waals surface area contributed by atoms with E-state index in [2.05, 4.69) is 41.5 Å². The van der Waals surface area contributed by atoms with Gasteiger partial charge in [-0.2, -0.15) is 28.1 Å². The zero-order valence-corrected chi connectivity index (χ0v) is 29.3. The number of benzene rings is 3. The number of carboxylic acids is 1. The number of ether oxygens (including phenoxy) is 2. The van der Waals surface area contributed by atoms with E-state index in [1.807, 2.05) is 12.1 Å². The van der Waals surface area contributed by atoms with E-state index in [9.17, 15) is 37.5 Å². The van der Waals surface area contributed by atoms with Crippen LogP contribution in [0.4, 0.5) is 30.8 Å². The molecule has 5 rings (SSSR count).